The van der Waals surface area contributed by atoms with Crippen LogP contribution >= 0.6 is 0 Å². The summed E-state index contributed by atoms with van der Waals surface area (Å²) in [4.78, 5) is 20.3. The molecular formula is C14H22N4O. The lowest BCUT2D eigenvalue weighted by molar-refractivity contribution is 0.0932. The van der Waals surface area contributed by atoms with Crippen molar-refractivity contribution in [2.24, 2.45) is 0 Å². The fraction of sp³-hybridized carbons (Fsp3) is 0.643. The number of nitrogens with one attached hydrogen (secondary N) is 2. The third kappa shape index (κ3) is 3.91. The van der Waals surface area contributed by atoms with E-state index < -0.39 is 0 Å². The number of nitrogens with zero attached hydrogens (tertiary/aromatic N) is 2. The van der Waals surface area contributed by atoms with Crippen LogP contribution in [0, 0.1) is 0 Å². The third-order valence-corrected chi connectivity index (χ3v) is 3.60. The summed E-state index contributed by atoms with van der Waals surface area (Å²) in [5, 5.41) is 6.28. The van der Waals surface area contributed by atoms with E-state index in [1.54, 1.807) is 6.07 Å². The van der Waals surface area contributed by atoms with Crippen LogP contribution in [0.2, 0.25) is 0 Å². The van der Waals surface area contributed by atoms with Crippen LogP contribution in [0.5, 0.6) is 0 Å². The smallest absolute Gasteiger partial charge is 0.270 e. The fourth-order valence-electron chi connectivity index (χ4n) is 2.24. The minimum Gasteiger partial charge on any atom is -0.368 e. The molecule has 5 heteroatoms. The molecule has 0 spiro atoms. The monoisotopic (exact) mass is 262 g/mol. The summed E-state index contributed by atoms with van der Waals surface area (Å²) in [6.07, 6.45) is 7.01. The van der Waals surface area contributed by atoms with Crippen LogP contribution < -0.4 is 10.6 Å². The van der Waals surface area contributed by atoms with E-state index in [1.807, 2.05) is 0 Å². The molecule has 1 aliphatic rings. The maximum Gasteiger partial charge on any atom is 0.270 e. The molecule has 0 bridgehead atoms. The van der Waals surface area contributed by atoms with E-state index in [1.165, 1.54) is 19.2 Å². The third-order valence-electron chi connectivity index (χ3n) is 3.60. The first-order valence-corrected chi connectivity index (χ1v) is 7.08. The highest BCUT2D eigenvalue weighted by molar-refractivity contribution is 5.93. The van der Waals surface area contributed by atoms with Crippen LogP contribution in [-0.4, -0.2) is 28.0 Å². The predicted octanol–water partition coefficient (Wildman–Crippen LogP) is 2.36. The van der Waals surface area contributed by atoms with Gasteiger partial charge in [-0.2, -0.15) is 0 Å². The molecule has 0 radical (unpaired) electrons. The second kappa shape index (κ2) is 6.50. The van der Waals surface area contributed by atoms with Crippen molar-refractivity contribution in [2.45, 2.75) is 58.0 Å². The fourth-order valence-corrected chi connectivity index (χ4v) is 2.24. The lowest BCUT2D eigenvalue weighted by Crippen LogP contribution is -2.33. The molecule has 1 aliphatic carbocycles. The summed E-state index contributed by atoms with van der Waals surface area (Å²) < 4.78 is 0. The second-order valence-electron chi connectivity index (χ2n) is 5.20. The van der Waals surface area contributed by atoms with Crippen LogP contribution in [-0.2, 0) is 0 Å². The summed E-state index contributed by atoms with van der Waals surface area (Å²) in [7, 11) is 0. The van der Waals surface area contributed by atoms with E-state index in [0.717, 1.165) is 19.3 Å². The number of hydrogen-bond acceptors (Lipinski definition) is 4. The normalized spacial score (nSPS) is 17.2. The largest absolute Gasteiger partial charge is 0.368 e. The van der Waals surface area contributed by atoms with E-state index in [2.05, 4.69) is 34.4 Å². The molecule has 0 aromatic carbocycles. The van der Waals surface area contributed by atoms with Crippen molar-refractivity contribution in [3.05, 3.63) is 18.1 Å². The summed E-state index contributed by atoms with van der Waals surface area (Å²) in [6.45, 7) is 4.19. The molecular weight excluding hydrogens is 240 g/mol. The molecule has 1 saturated carbocycles. The Kier molecular flexibility index (Phi) is 4.71. The van der Waals surface area contributed by atoms with Gasteiger partial charge in [0.05, 0.1) is 0 Å². The Labute approximate surface area is 114 Å². The molecule has 2 N–H and O–H groups in total. The highest BCUT2D eigenvalue weighted by Gasteiger charge is 2.18. The van der Waals surface area contributed by atoms with Gasteiger partial charge in [0, 0.05) is 18.2 Å². The number of aromatic nitrogens is 2. The maximum atomic E-state index is 12.1. The standard InChI is InChI=1S/C14H22N4O/c1-3-10(2)17-13-8-12(15-9-16-13)14(19)18-11-6-4-5-7-11/h8-11H,3-7H2,1-2H3,(H,18,19)(H,15,16,17). The molecule has 1 aromatic heterocycles. The van der Waals surface area contributed by atoms with Crippen molar-refractivity contribution in [2.75, 3.05) is 5.32 Å². The number of amides is 1. The summed E-state index contributed by atoms with van der Waals surface area (Å²) in [6, 6.07) is 2.37. The van der Waals surface area contributed by atoms with Crippen LogP contribution in [0.25, 0.3) is 0 Å². The number of hydrogen-bond donors (Lipinski definition) is 2. The van der Waals surface area contributed by atoms with Crippen molar-refractivity contribution in [1.29, 1.82) is 0 Å². The van der Waals surface area contributed by atoms with Crippen molar-refractivity contribution in [3.8, 4) is 0 Å². The highest BCUT2D eigenvalue weighted by Crippen LogP contribution is 2.18. The van der Waals surface area contributed by atoms with Crippen LogP contribution in [0.4, 0.5) is 5.82 Å². The quantitative estimate of drug-likeness (QED) is 0.855. The zero-order valence-corrected chi connectivity index (χ0v) is 11.6. The molecule has 104 valence electrons. The molecule has 2 rings (SSSR count). The van der Waals surface area contributed by atoms with Crippen LogP contribution in [0.15, 0.2) is 12.4 Å². The predicted molar refractivity (Wildman–Crippen MR) is 75.1 cm³/mol. The van der Waals surface area contributed by atoms with Crippen LogP contribution in [0.3, 0.4) is 0 Å². The Hall–Kier alpha value is -1.65. The van der Waals surface area contributed by atoms with E-state index in [4.69, 9.17) is 0 Å². The van der Waals surface area contributed by atoms with Gasteiger partial charge in [-0.25, -0.2) is 9.97 Å². The van der Waals surface area contributed by atoms with Gasteiger partial charge in [-0.15, -0.1) is 0 Å². The molecule has 1 fully saturated rings. The maximum absolute atomic E-state index is 12.1. The van der Waals surface area contributed by atoms with Gasteiger partial charge in [-0.3, -0.25) is 4.79 Å². The first-order valence-electron chi connectivity index (χ1n) is 7.08. The van der Waals surface area contributed by atoms with Gasteiger partial charge >= 0.3 is 0 Å². The molecule has 5 nitrogen and oxygen atoms in total. The zero-order chi connectivity index (χ0) is 13.7. The molecule has 1 amide bonds. The van der Waals surface area contributed by atoms with Crippen LogP contribution in [0.1, 0.15) is 56.4 Å². The number of rotatable bonds is 5. The van der Waals surface area contributed by atoms with Crippen molar-refractivity contribution < 1.29 is 4.79 Å². The van der Waals surface area contributed by atoms with Crippen molar-refractivity contribution >= 4 is 11.7 Å². The lowest BCUT2D eigenvalue weighted by Gasteiger charge is -2.14. The van der Waals surface area contributed by atoms with E-state index >= 15 is 0 Å². The molecule has 1 atom stereocenters. The molecule has 19 heavy (non-hydrogen) atoms. The van der Waals surface area contributed by atoms with Gasteiger partial charge in [0.15, 0.2) is 0 Å². The van der Waals surface area contributed by atoms with E-state index in [-0.39, 0.29) is 5.91 Å². The van der Waals surface area contributed by atoms with Gasteiger partial charge < -0.3 is 10.6 Å². The zero-order valence-electron chi connectivity index (χ0n) is 11.6. The second-order valence-corrected chi connectivity index (χ2v) is 5.20. The first-order chi connectivity index (χ1) is 9.19. The number of carbonyl (C=O) groups is 1. The summed E-state index contributed by atoms with van der Waals surface area (Å²) >= 11 is 0. The number of carbonyl (C=O) groups excluding carboxylic acids is 1. The molecule has 1 aromatic rings. The Balaban J connectivity index is 1.98. The Morgan fingerprint density at radius 3 is 2.84 bits per heavy atom. The molecule has 1 heterocycles. The van der Waals surface area contributed by atoms with E-state index in [9.17, 15) is 4.79 Å². The molecule has 0 saturated heterocycles. The minimum absolute atomic E-state index is 0.0958. The Morgan fingerprint density at radius 1 is 1.42 bits per heavy atom. The average molecular weight is 262 g/mol. The van der Waals surface area contributed by atoms with Gasteiger partial charge in [0.1, 0.15) is 17.8 Å². The molecule has 1 unspecified atom stereocenters. The summed E-state index contributed by atoms with van der Waals surface area (Å²) in [5.41, 5.74) is 0.438. The summed E-state index contributed by atoms with van der Waals surface area (Å²) in [5.74, 6) is 0.613. The van der Waals surface area contributed by atoms with Gasteiger partial charge in [-0.1, -0.05) is 19.8 Å². The Morgan fingerprint density at radius 2 is 2.16 bits per heavy atom. The Bertz CT molecular complexity index is 429. The van der Waals surface area contributed by atoms with Gasteiger partial charge in [0.2, 0.25) is 0 Å². The van der Waals surface area contributed by atoms with E-state index in [0.29, 0.717) is 23.6 Å². The lowest BCUT2D eigenvalue weighted by atomic mass is 10.2. The first kappa shape index (κ1) is 13.8. The molecule has 0 aliphatic heterocycles. The van der Waals surface area contributed by atoms with Crippen molar-refractivity contribution in [3.63, 3.8) is 0 Å². The topological polar surface area (TPSA) is 66.9 Å². The minimum atomic E-state index is -0.0958. The highest BCUT2D eigenvalue weighted by atomic mass is 16.1. The van der Waals surface area contributed by atoms with Gasteiger partial charge in [-0.05, 0) is 26.2 Å². The SMILES string of the molecule is CCC(C)Nc1cc(C(=O)NC2CCCC2)ncn1. The van der Waals surface area contributed by atoms with Gasteiger partial charge in [0.25, 0.3) is 5.91 Å². The average Bonchev–Trinajstić information content (AvgIpc) is 2.91. The van der Waals surface area contributed by atoms with Crippen molar-refractivity contribution in [1.82, 2.24) is 15.3 Å². The number of anilines is 1.